The van der Waals surface area contributed by atoms with Crippen LogP contribution in [0.1, 0.15) is 18.2 Å². The number of hydrogen-bond acceptors (Lipinski definition) is 2. The monoisotopic (exact) mass is 298 g/mol. The van der Waals surface area contributed by atoms with Crippen molar-refractivity contribution in [3.8, 4) is 5.75 Å². The highest BCUT2D eigenvalue weighted by Crippen LogP contribution is 2.23. The summed E-state index contributed by atoms with van der Waals surface area (Å²) < 4.78 is 42.1. The molecule has 0 bridgehead atoms. The number of rotatable bonds is 5. The van der Waals surface area contributed by atoms with E-state index in [0.29, 0.717) is 6.54 Å². The number of nitrogens with two attached hydrogens (primary N) is 1. The van der Waals surface area contributed by atoms with E-state index in [9.17, 15) is 13.2 Å². The smallest absolute Gasteiger partial charge is 0.406 e. The molecule has 3 nitrogen and oxygen atoms in total. The van der Waals surface area contributed by atoms with Crippen LogP contribution in [0, 0.1) is 0 Å². The van der Waals surface area contributed by atoms with Crippen molar-refractivity contribution in [1.82, 2.24) is 4.57 Å². The molecule has 2 aromatic rings. The normalized spacial score (nSPS) is 13.2. The van der Waals surface area contributed by atoms with Crippen molar-refractivity contribution in [2.45, 2.75) is 32.3 Å². The Morgan fingerprint density at radius 2 is 1.86 bits per heavy atom. The van der Waals surface area contributed by atoms with Crippen LogP contribution in [0.25, 0.3) is 0 Å². The molecule has 1 atom stereocenters. The molecule has 0 saturated heterocycles. The second-order valence-electron chi connectivity index (χ2n) is 5.00. The van der Waals surface area contributed by atoms with Crippen LogP contribution in [-0.2, 0) is 13.0 Å². The van der Waals surface area contributed by atoms with Gasteiger partial charge in [0.05, 0.1) is 0 Å². The SMILES string of the molecule is CC(N)Cc1cccn1Cc1ccc(OC(F)(F)F)cc1. The van der Waals surface area contributed by atoms with Crippen molar-refractivity contribution in [3.63, 3.8) is 0 Å². The molecule has 0 spiro atoms. The fourth-order valence-corrected chi connectivity index (χ4v) is 2.11. The summed E-state index contributed by atoms with van der Waals surface area (Å²) in [7, 11) is 0. The first kappa shape index (κ1) is 15.4. The highest BCUT2D eigenvalue weighted by molar-refractivity contribution is 5.28. The second-order valence-corrected chi connectivity index (χ2v) is 5.00. The zero-order valence-corrected chi connectivity index (χ0v) is 11.6. The average Bonchev–Trinajstić information content (AvgIpc) is 2.76. The Hall–Kier alpha value is -1.95. The average molecular weight is 298 g/mol. The highest BCUT2D eigenvalue weighted by atomic mass is 19.4. The quantitative estimate of drug-likeness (QED) is 0.920. The van der Waals surface area contributed by atoms with Crippen LogP contribution in [0.2, 0.25) is 0 Å². The van der Waals surface area contributed by atoms with Gasteiger partial charge >= 0.3 is 6.36 Å². The molecule has 1 unspecified atom stereocenters. The Balaban J connectivity index is 2.05. The molecule has 2 rings (SSSR count). The van der Waals surface area contributed by atoms with Crippen LogP contribution in [0.5, 0.6) is 5.75 Å². The van der Waals surface area contributed by atoms with Crippen LogP contribution in [0.3, 0.4) is 0 Å². The molecule has 6 heteroatoms. The predicted octanol–water partition coefficient (Wildman–Crippen LogP) is 3.32. The Morgan fingerprint density at radius 1 is 1.19 bits per heavy atom. The van der Waals surface area contributed by atoms with E-state index in [2.05, 4.69) is 4.74 Å². The van der Waals surface area contributed by atoms with Crippen LogP contribution in [-0.4, -0.2) is 17.0 Å². The Kier molecular flexibility index (Phi) is 4.57. The molecule has 2 N–H and O–H groups in total. The summed E-state index contributed by atoms with van der Waals surface area (Å²) in [4.78, 5) is 0. The number of halogens is 3. The van der Waals surface area contributed by atoms with Gasteiger partial charge in [0.1, 0.15) is 5.75 Å². The van der Waals surface area contributed by atoms with Gasteiger partial charge in [-0.1, -0.05) is 12.1 Å². The molecule has 1 aromatic carbocycles. The van der Waals surface area contributed by atoms with Gasteiger partial charge in [-0.25, -0.2) is 0 Å². The Morgan fingerprint density at radius 3 is 2.43 bits per heavy atom. The largest absolute Gasteiger partial charge is 0.573 e. The molecule has 0 aliphatic heterocycles. The molecule has 21 heavy (non-hydrogen) atoms. The summed E-state index contributed by atoms with van der Waals surface area (Å²) in [5.74, 6) is -0.213. The van der Waals surface area contributed by atoms with Crippen molar-refractivity contribution in [2.24, 2.45) is 5.73 Å². The summed E-state index contributed by atoms with van der Waals surface area (Å²) >= 11 is 0. The maximum Gasteiger partial charge on any atom is 0.573 e. The standard InChI is InChI=1S/C15H17F3N2O/c1-11(19)9-13-3-2-8-20(13)10-12-4-6-14(7-5-12)21-15(16,17)18/h2-8,11H,9-10,19H2,1H3. The topological polar surface area (TPSA) is 40.2 Å². The number of hydrogen-bond donors (Lipinski definition) is 1. The van der Waals surface area contributed by atoms with Crippen molar-refractivity contribution in [1.29, 1.82) is 0 Å². The van der Waals surface area contributed by atoms with Gasteiger partial charge in [0.15, 0.2) is 0 Å². The lowest BCUT2D eigenvalue weighted by molar-refractivity contribution is -0.274. The number of aromatic nitrogens is 1. The van der Waals surface area contributed by atoms with E-state index in [1.807, 2.05) is 29.8 Å². The molecule has 0 amide bonds. The molecule has 0 radical (unpaired) electrons. The lowest BCUT2D eigenvalue weighted by Crippen LogP contribution is -2.20. The third-order valence-corrected chi connectivity index (χ3v) is 2.96. The molecule has 1 aromatic heterocycles. The lowest BCUT2D eigenvalue weighted by Gasteiger charge is -2.12. The lowest BCUT2D eigenvalue weighted by atomic mass is 10.2. The summed E-state index contributed by atoms with van der Waals surface area (Å²) in [6.07, 6.45) is -1.98. The van der Waals surface area contributed by atoms with E-state index < -0.39 is 6.36 Å². The predicted molar refractivity (Wildman–Crippen MR) is 74.0 cm³/mol. The summed E-state index contributed by atoms with van der Waals surface area (Å²) in [5.41, 5.74) is 7.78. The van der Waals surface area contributed by atoms with Gasteiger partial charge < -0.3 is 15.0 Å². The fourth-order valence-electron chi connectivity index (χ4n) is 2.11. The van der Waals surface area contributed by atoms with Crippen LogP contribution in [0.15, 0.2) is 42.6 Å². The highest BCUT2D eigenvalue weighted by Gasteiger charge is 2.30. The Bertz CT molecular complexity index is 573. The fraction of sp³-hybridized carbons (Fsp3) is 0.333. The minimum Gasteiger partial charge on any atom is -0.406 e. The third-order valence-electron chi connectivity index (χ3n) is 2.96. The van der Waals surface area contributed by atoms with Gasteiger partial charge in [0.25, 0.3) is 0 Å². The summed E-state index contributed by atoms with van der Waals surface area (Å²) in [6, 6.07) is 9.85. The second kappa shape index (κ2) is 6.22. The molecule has 0 saturated carbocycles. The van der Waals surface area contributed by atoms with Gasteiger partial charge in [-0.2, -0.15) is 0 Å². The first-order valence-corrected chi connectivity index (χ1v) is 6.58. The van der Waals surface area contributed by atoms with Gasteiger partial charge in [0.2, 0.25) is 0 Å². The first-order chi connectivity index (χ1) is 9.83. The van der Waals surface area contributed by atoms with E-state index in [-0.39, 0.29) is 11.8 Å². The number of benzene rings is 1. The molecule has 0 fully saturated rings. The van der Waals surface area contributed by atoms with Crippen molar-refractivity contribution >= 4 is 0 Å². The molecule has 114 valence electrons. The van der Waals surface area contributed by atoms with E-state index >= 15 is 0 Å². The van der Waals surface area contributed by atoms with Crippen molar-refractivity contribution in [3.05, 3.63) is 53.9 Å². The van der Waals surface area contributed by atoms with E-state index in [1.54, 1.807) is 12.1 Å². The minimum absolute atomic E-state index is 0.0567. The minimum atomic E-state index is -4.66. The maximum absolute atomic E-state index is 12.1. The molecule has 1 heterocycles. The van der Waals surface area contributed by atoms with Gasteiger partial charge in [-0.15, -0.1) is 13.2 Å². The first-order valence-electron chi connectivity index (χ1n) is 6.58. The van der Waals surface area contributed by atoms with Crippen molar-refractivity contribution in [2.75, 3.05) is 0 Å². The molecule has 0 aliphatic rings. The van der Waals surface area contributed by atoms with E-state index in [0.717, 1.165) is 17.7 Å². The van der Waals surface area contributed by atoms with Crippen LogP contribution in [0.4, 0.5) is 13.2 Å². The zero-order chi connectivity index (χ0) is 15.5. The van der Waals surface area contributed by atoms with E-state index in [4.69, 9.17) is 5.73 Å². The summed E-state index contributed by atoms with van der Waals surface area (Å²) in [6.45, 7) is 2.52. The van der Waals surface area contributed by atoms with Gasteiger partial charge in [-0.05, 0) is 36.8 Å². The van der Waals surface area contributed by atoms with E-state index in [1.165, 1.54) is 12.1 Å². The third kappa shape index (κ3) is 4.82. The number of nitrogens with zero attached hydrogens (tertiary/aromatic N) is 1. The van der Waals surface area contributed by atoms with Crippen LogP contribution >= 0.6 is 0 Å². The van der Waals surface area contributed by atoms with Crippen molar-refractivity contribution < 1.29 is 17.9 Å². The van der Waals surface area contributed by atoms with Crippen LogP contribution < -0.4 is 10.5 Å². The molecule has 0 aliphatic carbocycles. The molecular weight excluding hydrogens is 281 g/mol. The summed E-state index contributed by atoms with van der Waals surface area (Å²) in [5, 5.41) is 0. The van der Waals surface area contributed by atoms with Gasteiger partial charge in [0, 0.05) is 30.9 Å². The molecular formula is C15H17F3N2O. The maximum atomic E-state index is 12.1. The number of ether oxygens (including phenoxy) is 1. The Labute approximate surface area is 121 Å². The number of alkyl halides is 3. The zero-order valence-electron chi connectivity index (χ0n) is 11.6. The van der Waals surface area contributed by atoms with Gasteiger partial charge in [-0.3, -0.25) is 0 Å².